The Morgan fingerprint density at radius 2 is 1.81 bits per heavy atom. The standard InChI is InChI=1S/C22H20N4/c1-15(2)16-5-3-6-17(11-16)21-12-22(25-14-24-21)26-20-8-4-7-18-13-23-10-9-19(18)20/h3-15H,1-2H3,(H,24,25,26). The Hall–Kier alpha value is -3.27. The number of benzene rings is 2. The summed E-state index contributed by atoms with van der Waals surface area (Å²) < 4.78 is 0. The fourth-order valence-corrected chi connectivity index (χ4v) is 3.01. The molecule has 0 saturated carbocycles. The molecule has 1 N–H and O–H groups in total. The van der Waals surface area contributed by atoms with Gasteiger partial charge in [0.05, 0.1) is 5.69 Å². The molecule has 0 aliphatic heterocycles. The van der Waals surface area contributed by atoms with Crippen LogP contribution in [0.1, 0.15) is 25.3 Å². The summed E-state index contributed by atoms with van der Waals surface area (Å²) in [6, 6.07) is 18.6. The maximum Gasteiger partial charge on any atom is 0.134 e. The predicted molar refractivity (Wildman–Crippen MR) is 107 cm³/mol. The van der Waals surface area contributed by atoms with Crippen molar-refractivity contribution in [3.8, 4) is 11.3 Å². The van der Waals surface area contributed by atoms with Gasteiger partial charge in [0.25, 0.3) is 0 Å². The maximum absolute atomic E-state index is 4.45. The number of nitrogens with one attached hydrogen (secondary N) is 1. The van der Waals surface area contributed by atoms with Crippen molar-refractivity contribution >= 4 is 22.3 Å². The van der Waals surface area contributed by atoms with Gasteiger partial charge in [-0.25, -0.2) is 9.97 Å². The number of nitrogens with zero attached hydrogens (tertiary/aromatic N) is 3. The minimum absolute atomic E-state index is 0.485. The van der Waals surface area contributed by atoms with Crippen LogP contribution < -0.4 is 5.32 Å². The van der Waals surface area contributed by atoms with Crippen LogP contribution in [0.4, 0.5) is 11.5 Å². The molecule has 0 aliphatic carbocycles. The van der Waals surface area contributed by atoms with E-state index in [9.17, 15) is 0 Å². The smallest absolute Gasteiger partial charge is 0.134 e. The minimum atomic E-state index is 0.485. The van der Waals surface area contributed by atoms with Crippen molar-refractivity contribution in [2.75, 3.05) is 5.32 Å². The van der Waals surface area contributed by atoms with Crippen molar-refractivity contribution in [1.29, 1.82) is 0 Å². The zero-order chi connectivity index (χ0) is 17.9. The molecule has 0 amide bonds. The molecule has 0 fully saturated rings. The van der Waals surface area contributed by atoms with Crippen molar-refractivity contribution in [1.82, 2.24) is 15.0 Å². The highest BCUT2D eigenvalue weighted by molar-refractivity contribution is 5.94. The molecule has 0 unspecified atom stereocenters. The van der Waals surface area contributed by atoms with Gasteiger partial charge in [-0.05, 0) is 29.7 Å². The molecule has 4 rings (SSSR count). The van der Waals surface area contributed by atoms with Crippen LogP contribution in [0.3, 0.4) is 0 Å². The second kappa shape index (κ2) is 6.92. The molecule has 2 aromatic carbocycles. The summed E-state index contributed by atoms with van der Waals surface area (Å²) >= 11 is 0. The molecule has 0 radical (unpaired) electrons. The number of fused-ring (bicyclic) bond motifs is 1. The van der Waals surface area contributed by atoms with Crippen molar-refractivity contribution in [3.63, 3.8) is 0 Å². The Kier molecular flexibility index (Phi) is 4.32. The summed E-state index contributed by atoms with van der Waals surface area (Å²) in [6.45, 7) is 4.39. The van der Waals surface area contributed by atoms with E-state index in [-0.39, 0.29) is 0 Å². The van der Waals surface area contributed by atoms with Crippen LogP contribution in [0.25, 0.3) is 22.0 Å². The third kappa shape index (κ3) is 3.26. The molecular weight excluding hydrogens is 320 g/mol. The molecule has 4 aromatic rings. The number of hydrogen-bond acceptors (Lipinski definition) is 4. The molecule has 4 heteroatoms. The van der Waals surface area contributed by atoms with E-state index in [0.717, 1.165) is 33.5 Å². The molecule has 26 heavy (non-hydrogen) atoms. The third-order valence-electron chi connectivity index (χ3n) is 4.46. The molecule has 0 atom stereocenters. The van der Waals surface area contributed by atoms with Gasteiger partial charge in [-0.15, -0.1) is 0 Å². The highest BCUT2D eigenvalue weighted by Gasteiger charge is 2.07. The Labute approximate surface area is 153 Å². The fraction of sp³-hybridized carbons (Fsp3) is 0.136. The molecular formula is C22H20N4. The van der Waals surface area contributed by atoms with Gasteiger partial charge in [-0.2, -0.15) is 0 Å². The van der Waals surface area contributed by atoms with Gasteiger partial charge in [0.2, 0.25) is 0 Å². The van der Waals surface area contributed by atoms with Crippen LogP contribution in [-0.4, -0.2) is 15.0 Å². The van der Waals surface area contributed by atoms with E-state index in [0.29, 0.717) is 5.92 Å². The fourth-order valence-electron chi connectivity index (χ4n) is 3.01. The summed E-state index contributed by atoms with van der Waals surface area (Å²) in [6.07, 6.45) is 5.27. The first kappa shape index (κ1) is 16.2. The molecule has 0 spiro atoms. The van der Waals surface area contributed by atoms with Gasteiger partial charge in [0.1, 0.15) is 12.1 Å². The molecule has 2 aromatic heterocycles. The van der Waals surface area contributed by atoms with Gasteiger partial charge in [0.15, 0.2) is 0 Å². The van der Waals surface area contributed by atoms with E-state index in [2.05, 4.69) is 64.4 Å². The SMILES string of the molecule is CC(C)c1cccc(-c2cc(Nc3cccc4cnccc34)ncn2)c1. The zero-order valence-electron chi connectivity index (χ0n) is 14.8. The van der Waals surface area contributed by atoms with Crippen LogP contribution in [-0.2, 0) is 0 Å². The summed E-state index contributed by atoms with van der Waals surface area (Å²) in [7, 11) is 0. The maximum atomic E-state index is 4.45. The third-order valence-corrected chi connectivity index (χ3v) is 4.46. The first-order valence-electron chi connectivity index (χ1n) is 8.73. The predicted octanol–water partition coefficient (Wildman–Crippen LogP) is 5.56. The second-order valence-electron chi connectivity index (χ2n) is 6.60. The number of pyridine rings is 1. The number of rotatable bonds is 4. The van der Waals surface area contributed by atoms with E-state index in [4.69, 9.17) is 0 Å². The van der Waals surface area contributed by atoms with Gasteiger partial charge >= 0.3 is 0 Å². The molecule has 4 nitrogen and oxygen atoms in total. The van der Waals surface area contributed by atoms with E-state index in [1.807, 2.05) is 30.5 Å². The molecule has 128 valence electrons. The van der Waals surface area contributed by atoms with Crippen molar-refractivity contribution in [2.24, 2.45) is 0 Å². The van der Waals surface area contributed by atoms with Crippen molar-refractivity contribution < 1.29 is 0 Å². The summed E-state index contributed by atoms with van der Waals surface area (Å²) in [5, 5.41) is 5.62. The van der Waals surface area contributed by atoms with E-state index >= 15 is 0 Å². The van der Waals surface area contributed by atoms with Crippen molar-refractivity contribution in [3.05, 3.63) is 78.9 Å². The monoisotopic (exact) mass is 340 g/mol. The number of hydrogen-bond donors (Lipinski definition) is 1. The molecule has 0 bridgehead atoms. The first-order chi connectivity index (χ1) is 12.7. The number of anilines is 2. The quantitative estimate of drug-likeness (QED) is 0.528. The van der Waals surface area contributed by atoms with E-state index in [1.54, 1.807) is 12.5 Å². The first-order valence-corrected chi connectivity index (χ1v) is 8.73. The molecule has 2 heterocycles. The van der Waals surface area contributed by atoms with Crippen LogP contribution in [0.15, 0.2) is 73.3 Å². The Morgan fingerprint density at radius 1 is 0.923 bits per heavy atom. The lowest BCUT2D eigenvalue weighted by Crippen LogP contribution is -1.97. The average Bonchev–Trinajstić information content (AvgIpc) is 2.69. The van der Waals surface area contributed by atoms with Crippen molar-refractivity contribution in [2.45, 2.75) is 19.8 Å². The number of aromatic nitrogens is 3. The molecule has 0 saturated heterocycles. The van der Waals surface area contributed by atoms with Gasteiger partial charge in [-0.1, -0.05) is 44.2 Å². The zero-order valence-corrected chi connectivity index (χ0v) is 14.8. The lowest BCUT2D eigenvalue weighted by atomic mass is 10.00. The highest BCUT2D eigenvalue weighted by Crippen LogP contribution is 2.27. The lowest BCUT2D eigenvalue weighted by Gasteiger charge is -2.11. The summed E-state index contributed by atoms with van der Waals surface area (Å²) in [5.41, 5.74) is 4.32. The average molecular weight is 340 g/mol. The van der Waals surface area contributed by atoms with Gasteiger partial charge in [0, 0.05) is 40.5 Å². The van der Waals surface area contributed by atoms with Crippen LogP contribution in [0, 0.1) is 0 Å². The lowest BCUT2D eigenvalue weighted by molar-refractivity contribution is 0.867. The minimum Gasteiger partial charge on any atom is -0.340 e. The normalized spacial score (nSPS) is 11.0. The second-order valence-corrected chi connectivity index (χ2v) is 6.60. The van der Waals surface area contributed by atoms with E-state index < -0.39 is 0 Å². The van der Waals surface area contributed by atoms with Crippen LogP contribution in [0.2, 0.25) is 0 Å². The van der Waals surface area contributed by atoms with Gasteiger partial charge in [-0.3, -0.25) is 4.98 Å². The highest BCUT2D eigenvalue weighted by atomic mass is 15.0. The Balaban J connectivity index is 1.69. The van der Waals surface area contributed by atoms with Crippen LogP contribution >= 0.6 is 0 Å². The summed E-state index contributed by atoms with van der Waals surface area (Å²) in [4.78, 5) is 13.0. The van der Waals surface area contributed by atoms with Crippen LogP contribution in [0.5, 0.6) is 0 Å². The Morgan fingerprint density at radius 3 is 2.69 bits per heavy atom. The van der Waals surface area contributed by atoms with Gasteiger partial charge < -0.3 is 5.32 Å². The Bertz CT molecular complexity index is 1050. The van der Waals surface area contributed by atoms with E-state index in [1.165, 1.54) is 5.56 Å². The molecule has 0 aliphatic rings. The summed E-state index contributed by atoms with van der Waals surface area (Å²) in [5.74, 6) is 1.26. The largest absolute Gasteiger partial charge is 0.340 e. The topological polar surface area (TPSA) is 50.7 Å².